The minimum atomic E-state index is -0.981. The van der Waals surface area contributed by atoms with Gasteiger partial charge in [-0.1, -0.05) is 0 Å². The molecule has 1 aromatic rings. The molecule has 0 fully saturated rings. The molecule has 0 aliphatic heterocycles. The molecular formula is C12H15BrN2O4S. The van der Waals surface area contributed by atoms with Crippen LogP contribution in [-0.4, -0.2) is 47.4 Å². The zero-order chi connectivity index (χ0) is 15.3. The fourth-order valence-electron chi connectivity index (χ4n) is 1.54. The molecule has 0 radical (unpaired) electrons. The first-order chi connectivity index (χ1) is 9.29. The number of rotatable bonds is 6. The monoisotopic (exact) mass is 362 g/mol. The largest absolute Gasteiger partial charge is 0.481 e. The van der Waals surface area contributed by atoms with Gasteiger partial charge in [-0.3, -0.25) is 14.4 Å². The van der Waals surface area contributed by atoms with Crippen molar-refractivity contribution in [2.24, 2.45) is 0 Å². The van der Waals surface area contributed by atoms with Gasteiger partial charge in [-0.15, -0.1) is 11.3 Å². The molecule has 0 spiro atoms. The molecule has 8 heteroatoms. The second kappa shape index (κ2) is 7.39. The van der Waals surface area contributed by atoms with Crippen molar-refractivity contribution >= 4 is 45.1 Å². The molecule has 20 heavy (non-hydrogen) atoms. The quantitative estimate of drug-likeness (QED) is 0.803. The summed E-state index contributed by atoms with van der Waals surface area (Å²) in [5.74, 6) is -1.61. The number of nitrogens with zero attached hydrogens (tertiary/aromatic N) is 1. The van der Waals surface area contributed by atoms with Gasteiger partial charge in [-0.2, -0.15) is 0 Å². The predicted molar refractivity (Wildman–Crippen MR) is 78.8 cm³/mol. The van der Waals surface area contributed by atoms with E-state index in [1.807, 2.05) is 0 Å². The van der Waals surface area contributed by atoms with Gasteiger partial charge in [0.2, 0.25) is 5.91 Å². The number of carbonyl (C=O) groups excluding carboxylic acids is 2. The van der Waals surface area contributed by atoms with E-state index in [2.05, 4.69) is 21.2 Å². The SMILES string of the molecule is CC(CC(=O)O)NC(=O)CN(C)C(=O)c1ccc(Br)s1. The number of thiophene rings is 1. The van der Waals surface area contributed by atoms with Crippen molar-refractivity contribution in [3.8, 4) is 0 Å². The molecule has 0 saturated carbocycles. The van der Waals surface area contributed by atoms with Gasteiger partial charge in [0.15, 0.2) is 0 Å². The summed E-state index contributed by atoms with van der Waals surface area (Å²) in [5.41, 5.74) is 0. The zero-order valence-electron chi connectivity index (χ0n) is 11.1. The van der Waals surface area contributed by atoms with Crippen LogP contribution in [0.25, 0.3) is 0 Å². The molecule has 1 heterocycles. The maximum Gasteiger partial charge on any atom is 0.305 e. The lowest BCUT2D eigenvalue weighted by molar-refractivity contribution is -0.137. The Morgan fingerprint density at radius 3 is 2.60 bits per heavy atom. The van der Waals surface area contributed by atoms with Crippen LogP contribution in [0, 0.1) is 0 Å². The van der Waals surface area contributed by atoms with E-state index < -0.39 is 12.0 Å². The Labute approximate surface area is 128 Å². The van der Waals surface area contributed by atoms with Gasteiger partial charge in [0.1, 0.15) is 0 Å². The van der Waals surface area contributed by atoms with Crippen LogP contribution in [0.1, 0.15) is 23.0 Å². The van der Waals surface area contributed by atoms with E-state index in [4.69, 9.17) is 5.11 Å². The molecule has 110 valence electrons. The number of carboxylic acids is 1. The van der Waals surface area contributed by atoms with Gasteiger partial charge in [0.25, 0.3) is 5.91 Å². The Morgan fingerprint density at radius 1 is 1.45 bits per heavy atom. The summed E-state index contributed by atoms with van der Waals surface area (Å²) in [4.78, 5) is 36.0. The molecule has 2 amide bonds. The topological polar surface area (TPSA) is 86.7 Å². The standard InChI is InChI=1S/C12H15BrN2O4S/c1-7(5-11(17)18)14-10(16)6-15(2)12(19)8-3-4-9(13)20-8/h3-4,7H,5-6H2,1-2H3,(H,14,16)(H,17,18). The maximum atomic E-state index is 12.0. The highest BCUT2D eigenvalue weighted by Crippen LogP contribution is 2.22. The summed E-state index contributed by atoms with van der Waals surface area (Å²) in [5, 5.41) is 11.1. The van der Waals surface area contributed by atoms with E-state index in [-0.39, 0.29) is 24.8 Å². The molecule has 0 aliphatic carbocycles. The molecule has 0 bridgehead atoms. The first kappa shape index (κ1) is 16.6. The van der Waals surface area contributed by atoms with Crippen LogP contribution in [0.5, 0.6) is 0 Å². The zero-order valence-corrected chi connectivity index (χ0v) is 13.5. The van der Waals surface area contributed by atoms with E-state index in [0.29, 0.717) is 4.88 Å². The predicted octanol–water partition coefficient (Wildman–Crippen LogP) is 1.56. The van der Waals surface area contributed by atoms with Crippen LogP contribution in [0.4, 0.5) is 0 Å². The highest BCUT2D eigenvalue weighted by Gasteiger charge is 2.18. The van der Waals surface area contributed by atoms with Gasteiger partial charge in [0, 0.05) is 13.1 Å². The molecule has 2 N–H and O–H groups in total. The molecular weight excluding hydrogens is 348 g/mol. The minimum Gasteiger partial charge on any atom is -0.481 e. The summed E-state index contributed by atoms with van der Waals surface area (Å²) in [7, 11) is 1.53. The van der Waals surface area contributed by atoms with Gasteiger partial charge < -0.3 is 15.3 Å². The van der Waals surface area contributed by atoms with Gasteiger partial charge >= 0.3 is 5.97 Å². The first-order valence-corrected chi connectivity index (χ1v) is 7.42. The molecule has 1 rings (SSSR count). The highest BCUT2D eigenvalue weighted by molar-refractivity contribution is 9.11. The van der Waals surface area contributed by atoms with E-state index in [1.54, 1.807) is 19.1 Å². The van der Waals surface area contributed by atoms with Crippen molar-refractivity contribution in [1.82, 2.24) is 10.2 Å². The number of likely N-dealkylation sites (N-methyl/N-ethyl adjacent to an activating group) is 1. The third-order valence-electron chi connectivity index (χ3n) is 2.40. The third kappa shape index (κ3) is 5.30. The normalized spacial score (nSPS) is 11.8. The average Bonchev–Trinajstić information content (AvgIpc) is 2.73. The fourth-order valence-corrected chi connectivity index (χ4v) is 2.92. The van der Waals surface area contributed by atoms with E-state index in [9.17, 15) is 14.4 Å². The van der Waals surface area contributed by atoms with Crippen molar-refractivity contribution in [2.75, 3.05) is 13.6 Å². The molecule has 1 unspecified atom stereocenters. The Balaban J connectivity index is 2.49. The summed E-state index contributed by atoms with van der Waals surface area (Å²) < 4.78 is 0.841. The number of carbonyl (C=O) groups is 3. The third-order valence-corrected chi connectivity index (χ3v) is 4.01. The van der Waals surface area contributed by atoms with Gasteiger partial charge in [-0.05, 0) is 35.0 Å². The van der Waals surface area contributed by atoms with Crippen LogP contribution in [0.3, 0.4) is 0 Å². The van der Waals surface area contributed by atoms with Gasteiger partial charge in [-0.25, -0.2) is 0 Å². The smallest absolute Gasteiger partial charge is 0.305 e. The molecule has 1 aromatic heterocycles. The number of halogens is 1. The van der Waals surface area contributed by atoms with E-state index >= 15 is 0 Å². The van der Waals surface area contributed by atoms with Crippen LogP contribution in [0.2, 0.25) is 0 Å². The Morgan fingerprint density at radius 2 is 2.10 bits per heavy atom. The molecule has 0 saturated heterocycles. The minimum absolute atomic E-state index is 0.113. The number of nitrogens with one attached hydrogen (secondary N) is 1. The number of carboxylic acid groups (broad SMARTS) is 1. The molecule has 1 atom stereocenters. The van der Waals surface area contributed by atoms with Crippen LogP contribution < -0.4 is 5.32 Å². The Hall–Kier alpha value is -1.41. The molecule has 0 aliphatic rings. The summed E-state index contributed by atoms with van der Waals surface area (Å²) in [6.45, 7) is 1.49. The molecule has 0 aromatic carbocycles. The van der Waals surface area contributed by atoms with Crippen molar-refractivity contribution in [1.29, 1.82) is 0 Å². The number of amides is 2. The lowest BCUT2D eigenvalue weighted by atomic mass is 10.2. The van der Waals surface area contributed by atoms with Crippen molar-refractivity contribution < 1.29 is 19.5 Å². The highest BCUT2D eigenvalue weighted by atomic mass is 79.9. The van der Waals surface area contributed by atoms with Crippen LogP contribution >= 0.6 is 27.3 Å². The van der Waals surface area contributed by atoms with Gasteiger partial charge in [0.05, 0.1) is 21.6 Å². The Kier molecular flexibility index (Phi) is 6.15. The van der Waals surface area contributed by atoms with Crippen molar-refractivity contribution in [3.05, 3.63) is 20.8 Å². The fraction of sp³-hybridized carbons (Fsp3) is 0.417. The number of hydrogen-bond acceptors (Lipinski definition) is 4. The average molecular weight is 363 g/mol. The number of hydrogen-bond donors (Lipinski definition) is 2. The lowest BCUT2D eigenvalue weighted by Gasteiger charge is -2.18. The maximum absolute atomic E-state index is 12.0. The second-order valence-electron chi connectivity index (χ2n) is 4.33. The van der Waals surface area contributed by atoms with E-state index in [0.717, 1.165) is 3.79 Å². The lowest BCUT2D eigenvalue weighted by Crippen LogP contribution is -2.42. The summed E-state index contributed by atoms with van der Waals surface area (Å²) >= 11 is 4.56. The first-order valence-electron chi connectivity index (χ1n) is 5.81. The second-order valence-corrected chi connectivity index (χ2v) is 6.79. The van der Waals surface area contributed by atoms with Crippen molar-refractivity contribution in [2.45, 2.75) is 19.4 Å². The number of aliphatic carboxylic acids is 1. The van der Waals surface area contributed by atoms with Crippen LogP contribution in [0.15, 0.2) is 15.9 Å². The van der Waals surface area contributed by atoms with Crippen molar-refractivity contribution in [3.63, 3.8) is 0 Å². The summed E-state index contributed by atoms with van der Waals surface area (Å²) in [6, 6.07) is 2.97. The van der Waals surface area contributed by atoms with E-state index in [1.165, 1.54) is 23.3 Å². The molecule has 6 nitrogen and oxygen atoms in total. The Bertz CT molecular complexity index is 517. The van der Waals surface area contributed by atoms with Crippen LogP contribution in [-0.2, 0) is 9.59 Å². The summed E-state index contributed by atoms with van der Waals surface area (Å²) in [6.07, 6.45) is -0.152.